The summed E-state index contributed by atoms with van der Waals surface area (Å²) < 4.78 is 19.2. The van der Waals surface area contributed by atoms with Crippen molar-refractivity contribution in [2.75, 3.05) is 18.6 Å². The highest BCUT2D eigenvalue weighted by Gasteiger charge is 2.29. The first-order valence-electron chi connectivity index (χ1n) is 6.57. The number of Topliss-reactive ketones (excluding diaryl/α,β-unsaturated/α-hetero) is 1. The van der Waals surface area contributed by atoms with Crippen LogP contribution in [-0.2, 0) is 4.74 Å². The standard InChI is InChI=1S/C15H20FNO2/c1-9-7-15(12(10(2)18)8-13(9)16)17(4)14-5-6-19-11(14)3/h7-8,11,14H,5-6H2,1-4H3. The van der Waals surface area contributed by atoms with Gasteiger partial charge in [0.25, 0.3) is 0 Å². The van der Waals surface area contributed by atoms with E-state index < -0.39 is 0 Å². The lowest BCUT2D eigenvalue weighted by atomic mass is 10.0. The predicted octanol–water partition coefficient (Wildman–Crippen LogP) is 2.95. The van der Waals surface area contributed by atoms with E-state index in [2.05, 4.69) is 0 Å². The van der Waals surface area contributed by atoms with E-state index in [0.717, 1.165) is 18.7 Å². The summed E-state index contributed by atoms with van der Waals surface area (Å²) in [6.07, 6.45) is 1.04. The molecule has 0 amide bonds. The molecule has 0 spiro atoms. The first kappa shape index (κ1) is 14.0. The third kappa shape index (κ3) is 2.63. The third-order valence-electron chi connectivity index (χ3n) is 3.87. The number of ether oxygens (including phenoxy) is 1. The molecule has 3 nitrogen and oxygen atoms in total. The van der Waals surface area contributed by atoms with Gasteiger partial charge in [-0.2, -0.15) is 0 Å². The maximum Gasteiger partial charge on any atom is 0.161 e. The molecule has 2 atom stereocenters. The smallest absolute Gasteiger partial charge is 0.161 e. The van der Waals surface area contributed by atoms with Crippen molar-refractivity contribution in [3.63, 3.8) is 0 Å². The van der Waals surface area contributed by atoms with E-state index in [1.807, 2.05) is 18.9 Å². The van der Waals surface area contributed by atoms with Crippen LogP contribution in [0.2, 0.25) is 0 Å². The van der Waals surface area contributed by atoms with E-state index >= 15 is 0 Å². The van der Waals surface area contributed by atoms with Crippen LogP contribution < -0.4 is 4.90 Å². The van der Waals surface area contributed by atoms with Gasteiger partial charge < -0.3 is 9.64 Å². The maximum atomic E-state index is 13.6. The summed E-state index contributed by atoms with van der Waals surface area (Å²) in [5, 5.41) is 0. The van der Waals surface area contributed by atoms with Crippen LogP contribution in [0.15, 0.2) is 12.1 Å². The van der Waals surface area contributed by atoms with Crippen molar-refractivity contribution in [3.05, 3.63) is 29.1 Å². The molecular weight excluding hydrogens is 245 g/mol. The number of halogens is 1. The van der Waals surface area contributed by atoms with Crippen LogP contribution >= 0.6 is 0 Å². The van der Waals surface area contributed by atoms with Crippen molar-refractivity contribution in [1.29, 1.82) is 0 Å². The molecule has 1 aromatic rings. The number of aryl methyl sites for hydroxylation is 1. The number of ketones is 1. The monoisotopic (exact) mass is 265 g/mol. The summed E-state index contributed by atoms with van der Waals surface area (Å²) in [6, 6.07) is 3.31. The number of anilines is 1. The minimum absolute atomic E-state index is 0.118. The first-order chi connectivity index (χ1) is 8.91. The normalized spacial score (nSPS) is 22.6. The van der Waals surface area contributed by atoms with Crippen LogP contribution in [-0.4, -0.2) is 31.6 Å². The topological polar surface area (TPSA) is 29.5 Å². The number of nitrogens with zero attached hydrogens (tertiary/aromatic N) is 1. The summed E-state index contributed by atoms with van der Waals surface area (Å²) in [4.78, 5) is 13.7. The fraction of sp³-hybridized carbons (Fsp3) is 0.533. The first-order valence-corrected chi connectivity index (χ1v) is 6.57. The molecule has 1 aromatic carbocycles. The van der Waals surface area contributed by atoms with Crippen molar-refractivity contribution in [2.24, 2.45) is 0 Å². The second-order valence-corrected chi connectivity index (χ2v) is 5.22. The molecule has 1 aliphatic heterocycles. The highest BCUT2D eigenvalue weighted by atomic mass is 19.1. The number of benzene rings is 1. The van der Waals surface area contributed by atoms with E-state index in [0.29, 0.717) is 11.1 Å². The van der Waals surface area contributed by atoms with E-state index in [4.69, 9.17) is 4.74 Å². The van der Waals surface area contributed by atoms with E-state index in [-0.39, 0.29) is 23.7 Å². The largest absolute Gasteiger partial charge is 0.376 e. The summed E-state index contributed by atoms with van der Waals surface area (Å²) in [6.45, 7) is 5.94. The molecule has 2 rings (SSSR count). The summed E-state index contributed by atoms with van der Waals surface area (Å²) in [7, 11) is 1.94. The second-order valence-electron chi connectivity index (χ2n) is 5.22. The molecule has 0 N–H and O–H groups in total. The zero-order chi connectivity index (χ0) is 14.2. The number of carbonyl (C=O) groups is 1. The number of likely N-dealkylation sites (N-methyl/N-ethyl adjacent to an activating group) is 1. The molecule has 1 heterocycles. The van der Waals surface area contributed by atoms with Gasteiger partial charge in [0, 0.05) is 24.9 Å². The molecule has 0 aromatic heterocycles. The van der Waals surface area contributed by atoms with E-state index in [1.165, 1.54) is 13.0 Å². The van der Waals surface area contributed by atoms with Crippen LogP contribution in [0.1, 0.15) is 36.2 Å². The SMILES string of the molecule is CC(=O)c1cc(F)c(C)cc1N(C)C1CCOC1C. The number of rotatable bonds is 3. The fourth-order valence-electron chi connectivity index (χ4n) is 2.65. The van der Waals surface area contributed by atoms with Gasteiger partial charge in [-0.3, -0.25) is 4.79 Å². The van der Waals surface area contributed by atoms with Crippen LogP contribution in [0.5, 0.6) is 0 Å². The molecule has 0 bridgehead atoms. The van der Waals surface area contributed by atoms with Gasteiger partial charge in [0.15, 0.2) is 5.78 Å². The maximum absolute atomic E-state index is 13.6. The molecule has 19 heavy (non-hydrogen) atoms. The molecule has 104 valence electrons. The van der Waals surface area contributed by atoms with Crippen molar-refractivity contribution >= 4 is 11.5 Å². The molecule has 1 aliphatic rings. The van der Waals surface area contributed by atoms with Crippen molar-refractivity contribution < 1.29 is 13.9 Å². The van der Waals surface area contributed by atoms with Gasteiger partial charge in [-0.15, -0.1) is 0 Å². The molecule has 0 saturated carbocycles. The Morgan fingerprint density at radius 1 is 1.47 bits per heavy atom. The van der Waals surface area contributed by atoms with Crippen LogP contribution in [0.4, 0.5) is 10.1 Å². The lowest BCUT2D eigenvalue weighted by molar-refractivity contribution is 0.101. The molecule has 4 heteroatoms. The lowest BCUT2D eigenvalue weighted by Crippen LogP contribution is -2.37. The van der Waals surface area contributed by atoms with Gasteiger partial charge >= 0.3 is 0 Å². The van der Waals surface area contributed by atoms with Crippen LogP contribution in [0.3, 0.4) is 0 Å². The van der Waals surface area contributed by atoms with Crippen LogP contribution in [0.25, 0.3) is 0 Å². The molecule has 1 fully saturated rings. The summed E-state index contributed by atoms with van der Waals surface area (Å²) >= 11 is 0. The van der Waals surface area contributed by atoms with E-state index in [1.54, 1.807) is 13.0 Å². The average Bonchev–Trinajstić information content (AvgIpc) is 2.77. The molecule has 1 saturated heterocycles. The average molecular weight is 265 g/mol. The highest BCUT2D eigenvalue weighted by molar-refractivity contribution is 6.00. The van der Waals surface area contributed by atoms with Crippen molar-refractivity contribution in [2.45, 2.75) is 39.3 Å². The molecule has 0 radical (unpaired) electrons. The third-order valence-corrected chi connectivity index (χ3v) is 3.87. The zero-order valence-corrected chi connectivity index (χ0v) is 11.9. The summed E-state index contributed by atoms with van der Waals surface area (Å²) in [5.74, 6) is -0.453. The Kier molecular flexibility index (Phi) is 3.90. The highest BCUT2D eigenvalue weighted by Crippen LogP contribution is 2.29. The second kappa shape index (κ2) is 5.29. The Labute approximate surface area is 113 Å². The molecule has 0 aliphatic carbocycles. The Bertz CT molecular complexity index is 501. The Morgan fingerprint density at radius 3 is 2.68 bits per heavy atom. The van der Waals surface area contributed by atoms with Gasteiger partial charge in [0.05, 0.1) is 12.1 Å². The van der Waals surface area contributed by atoms with Gasteiger partial charge in [0.2, 0.25) is 0 Å². The molecule has 2 unspecified atom stereocenters. The fourth-order valence-corrected chi connectivity index (χ4v) is 2.65. The van der Waals surface area contributed by atoms with Gasteiger partial charge in [0.1, 0.15) is 5.82 Å². The predicted molar refractivity (Wildman–Crippen MR) is 73.4 cm³/mol. The number of hydrogen-bond donors (Lipinski definition) is 0. The van der Waals surface area contributed by atoms with E-state index in [9.17, 15) is 9.18 Å². The van der Waals surface area contributed by atoms with Crippen LogP contribution in [0, 0.1) is 12.7 Å². The minimum atomic E-state index is -0.335. The Morgan fingerprint density at radius 2 is 2.16 bits per heavy atom. The van der Waals surface area contributed by atoms with Crippen molar-refractivity contribution in [3.8, 4) is 0 Å². The van der Waals surface area contributed by atoms with Gasteiger partial charge in [-0.05, 0) is 44.9 Å². The Hall–Kier alpha value is -1.42. The molecular formula is C15H20FNO2. The van der Waals surface area contributed by atoms with Gasteiger partial charge in [-0.1, -0.05) is 0 Å². The minimum Gasteiger partial charge on any atom is -0.376 e. The van der Waals surface area contributed by atoms with Gasteiger partial charge in [-0.25, -0.2) is 4.39 Å². The number of carbonyl (C=O) groups excluding carboxylic acids is 1. The van der Waals surface area contributed by atoms with Crippen molar-refractivity contribution in [1.82, 2.24) is 0 Å². The Balaban J connectivity index is 2.42. The summed E-state index contributed by atoms with van der Waals surface area (Å²) in [5.41, 5.74) is 1.77. The quantitative estimate of drug-likeness (QED) is 0.787. The lowest BCUT2D eigenvalue weighted by Gasteiger charge is -2.30. The number of hydrogen-bond acceptors (Lipinski definition) is 3. The zero-order valence-electron chi connectivity index (χ0n) is 11.9.